The number of nitrogens with zero attached hydrogens (tertiary/aromatic N) is 3. The van der Waals surface area contributed by atoms with Crippen molar-refractivity contribution in [2.75, 3.05) is 26.2 Å². The van der Waals surface area contributed by atoms with Gasteiger partial charge in [0, 0.05) is 55.1 Å². The summed E-state index contributed by atoms with van der Waals surface area (Å²) >= 11 is 0. The quantitative estimate of drug-likeness (QED) is 0.590. The van der Waals surface area contributed by atoms with Gasteiger partial charge in [-0.2, -0.15) is 8.78 Å². The molecule has 3 aromatic rings. The number of carbonyl (C=O) groups excluding carboxylic acids is 2. The number of amides is 2. The molecule has 5 rings (SSSR count). The van der Waals surface area contributed by atoms with Crippen molar-refractivity contribution >= 4 is 22.8 Å². The first-order valence-electron chi connectivity index (χ1n) is 11.3. The number of alkyl halides is 2. The number of piperidine rings is 1. The van der Waals surface area contributed by atoms with Gasteiger partial charge in [-0.15, -0.1) is 0 Å². The zero-order valence-corrected chi connectivity index (χ0v) is 18.1. The van der Waals surface area contributed by atoms with Crippen LogP contribution in [0.3, 0.4) is 0 Å². The Balaban J connectivity index is 1.24. The van der Waals surface area contributed by atoms with Crippen LogP contribution in [0.5, 0.6) is 0 Å². The van der Waals surface area contributed by atoms with Gasteiger partial charge in [-0.05, 0) is 61.4 Å². The smallest absolute Gasteiger partial charge is 0.351 e. The molecule has 0 bridgehead atoms. The highest BCUT2D eigenvalue weighted by atomic mass is 19.3. The highest BCUT2D eigenvalue weighted by Gasteiger charge is 2.46. The van der Waals surface area contributed by atoms with Crippen LogP contribution in [0, 0.1) is 11.8 Å². The molecule has 2 unspecified atom stereocenters. The van der Waals surface area contributed by atoms with Gasteiger partial charge in [0.05, 0.1) is 6.26 Å². The van der Waals surface area contributed by atoms with E-state index < -0.39 is 11.8 Å². The Morgan fingerprint density at radius 2 is 1.85 bits per heavy atom. The predicted molar refractivity (Wildman–Crippen MR) is 118 cm³/mol. The minimum Gasteiger partial charge on any atom is -0.464 e. The van der Waals surface area contributed by atoms with Gasteiger partial charge in [-0.25, -0.2) is 0 Å². The molecule has 0 spiro atoms. The molecule has 0 N–H and O–H groups in total. The average molecular weight is 453 g/mol. The first kappa shape index (κ1) is 21.6. The van der Waals surface area contributed by atoms with Crippen LogP contribution in [-0.4, -0.2) is 52.8 Å². The van der Waals surface area contributed by atoms with E-state index in [9.17, 15) is 18.4 Å². The molecule has 172 valence electrons. The van der Waals surface area contributed by atoms with Gasteiger partial charge in [-0.3, -0.25) is 14.6 Å². The van der Waals surface area contributed by atoms with Crippen molar-refractivity contribution < 1.29 is 22.8 Å². The lowest BCUT2D eigenvalue weighted by molar-refractivity contribution is -0.161. The lowest BCUT2D eigenvalue weighted by Crippen LogP contribution is -2.48. The maximum atomic E-state index is 14.8. The molecule has 2 aliphatic rings. The Labute approximate surface area is 190 Å². The summed E-state index contributed by atoms with van der Waals surface area (Å²) in [5.41, 5.74) is 0.866. The molecule has 6 nitrogen and oxygen atoms in total. The SMILES string of the molecule is O=C(c1ccc2ccoc2c1)N1CCC(C2CCCN(C(=O)C(F)(F)c3cccnc3)C2)C1. The van der Waals surface area contributed by atoms with E-state index in [0.717, 1.165) is 24.4 Å². The largest absolute Gasteiger partial charge is 0.464 e. The minimum atomic E-state index is -3.60. The van der Waals surface area contributed by atoms with Crippen molar-refractivity contribution in [1.82, 2.24) is 14.8 Å². The van der Waals surface area contributed by atoms with Crippen LogP contribution in [0.1, 0.15) is 35.2 Å². The number of pyridine rings is 1. The van der Waals surface area contributed by atoms with Crippen molar-refractivity contribution in [3.8, 4) is 0 Å². The Morgan fingerprint density at radius 1 is 1.03 bits per heavy atom. The summed E-state index contributed by atoms with van der Waals surface area (Å²) in [5, 5.41) is 0.945. The van der Waals surface area contributed by atoms with Crippen LogP contribution < -0.4 is 0 Å². The second-order valence-corrected chi connectivity index (χ2v) is 8.94. The van der Waals surface area contributed by atoms with E-state index >= 15 is 0 Å². The van der Waals surface area contributed by atoms with E-state index in [1.54, 1.807) is 18.4 Å². The Hall–Kier alpha value is -3.29. The van der Waals surface area contributed by atoms with Crippen molar-refractivity contribution in [3.05, 3.63) is 66.2 Å². The molecular formula is C25H25F2N3O3. The minimum absolute atomic E-state index is 0.0531. The topological polar surface area (TPSA) is 66.7 Å². The monoisotopic (exact) mass is 453 g/mol. The average Bonchev–Trinajstić information content (AvgIpc) is 3.53. The number of benzene rings is 1. The van der Waals surface area contributed by atoms with E-state index in [1.807, 2.05) is 17.0 Å². The standard InChI is InChI=1S/C25H25F2N3O3/c26-25(27,21-4-1-9-28-14-21)24(32)30-10-2-3-19(16-30)20-7-11-29(15-20)23(31)18-6-5-17-8-12-33-22(17)13-18/h1,4-6,8-9,12-14,19-20H,2-3,7,10-11,15-16H2. The van der Waals surface area contributed by atoms with Gasteiger partial charge in [0.1, 0.15) is 5.58 Å². The Bertz CT molecular complexity index is 1160. The summed E-state index contributed by atoms with van der Waals surface area (Å²) in [4.78, 5) is 32.5. The molecule has 0 aliphatic carbocycles. The van der Waals surface area contributed by atoms with E-state index in [2.05, 4.69) is 4.98 Å². The molecule has 33 heavy (non-hydrogen) atoms. The number of hydrogen-bond donors (Lipinski definition) is 0. The summed E-state index contributed by atoms with van der Waals surface area (Å²) in [6.07, 6.45) is 6.40. The van der Waals surface area contributed by atoms with Crippen LogP contribution in [0.15, 0.2) is 59.5 Å². The third-order valence-electron chi connectivity index (χ3n) is 6.92. The first-order valence-corrected chi connectivity index (χ1v) is 11.3. The molecular weight excluding hydrogens is 428 g/mol. The molecule has 2 atom stereocenters. The summed E-state index contributed by atoms with van der Waals surface area (Å²) in [6, 6.07) is 9.91. The summed E-state index contributed by atoms with van der Waals surface area (Å²) in [5.74, 6) is -4.54. The summed E-state index contributed by atoms with van der Waals surface area (Å²) in [6.45, 7) is 1.81. The number of carbonyl (C=O) groups is 2. The van der Waals surface area contributed by atoms with Crippen LogP contribution in [0.2, 0.25) is 0 Å². The second-order valence-electron chi connectivity index (χ2n) is 8.94. The third kappa shape index (κ3) is 4.10. The molecule has 2 aromatic heterocycles. The molecule has 0 radical (unpaired) electrons. The van der Waals surface area contributed by atoms with Gasteiger partial charge < -0.3 is 14.2 Å². The van der Waals surface area contributed by atoms with E-state index in [4.69, 9.17) is 4.42 Å². The number of fused-ring (bicyclic) bond motifs is 1. The van der Waals surface area contributed by atoms with Crippen LogP contribution in [0.25, 0.3) is 11.0 Å². The molecule has 2 saturated heterocycles. The predicted octanol–water partition coefficient (Wildman–Crippen LogP) is 4.32. The first-order chi connectivity index (χ1) is 15.9. The van der Waals surface area contributed by atoms with E-state index in [1.165, 1.54) is 23.2 Å². The Kier molecular flexibility index (Phi) is 5.60. The van der Waals surface area contributed by atoms with Crippen molar-refractivity contribution in [1.29, 1.82) is 0 Å². The number of halogens is 2. The Morgan fingerprint density at radius 3 is 2.67 bits per heavy atom. The zero-order valence-electron chi connectivity index (χ0n) is 18.1. The number of hydrogen-bond acceptors (Lipinski definition) is 4. The van der Waals surface area contributed by atoms with Gasteiger partial charge in [0.2, 0.25) is 0 Å². The maximum Gasteiger partial charge on any atom is 0.351 e. The number of aromatic nitrogens is 1. The normalized spacial score (nSPS) is 21.5. The van der Waals surface area contributed by atoms with Gasteiger partial charge in [-0.1, -0.05) is 6.07 Å². The molecule has 2 amide bonds. The van der Waals surface area contributed by atoms with Crippen molar-refractivity contribution in [3.63, 3.8) is 0 Å². The van der Waals surface area contributed by atoms with Crippen molar-refractivity contribution in [2.24, 2.45) is 11.8 Å². The van der Waals surface area contributed by atoms with Gasteiger partial charge in [0.25, 0.3) is 11.8 Å². The second kappa shape index (κ2) is 8.57. The fraction of sp³-hybridized carbons (Fsp3) is 0.400. The molecule has 2 aliphatic heterocycles. The summed E-state index contributed by atoms with van der Waals surface area (Å²) < 4.78 is 35.0. The van der Waals surface area contributed by atoms with Crippen LogP contribution in [-0.2, 0) is 10.7 Å². The van der Waals surface area contributed by atoms with Gasteiger partial charge in [0.15, 0.2) is 0 Å². The highest BCUT2D eigenvalue weighted by Crippen LogP contribution is 2.35. The lowest BCUT2D eigenvalue weighted by Gasteiger charge is -2.37. The highest BCUT2D eigenvalue weighted by molar-refractivity contribution is 5.97. The fourth-order valence-electron chi connectivity index (χ4n) is 5.08. The zero-order chi connectivity index (χ0) is 23.0. The number of rotatable bonds is 4. The van der Waals surface area contributed by atoms with Crippen LogP contribution in [0.4, 0.5) is 8.78 Å². The molecule has 4 heterocycles. The van der Waals surface area contributed by atoms with E-state index in [-0.39, 0.29) is 23.3 Å². The van der Waals surface area contributed by atoms with Crippen molar-refractivity contribution in [2.45, 2.75) is 25.2 Å². The molecule has 1 aromatic carbocycles. The molecule has 8 heteroatoms. The fourth-order valence-corrected chi connectivity index (χ4v) is 5.08. The van der Waals surface area contributed by atoms with Crippen LogP contribution >= 0.6 is 0 Å². The molecule has 2 fully saturated rings. The third-order valence-corrected chi connectivity index (χ3v) is 6.92. The number of likely N-dealkylation sites (tertiary alicyclic amines) is 2. The lowest BCUT2D eigenvalue weighted by atomic mass is 9.84. The van der Waals surface area contributed by atoms with E-state index in [0.29, 0.717) is 43.7 Å². The molecule has 0 saturated carbocycles. The maximum absolute atomic E-state index is 14.8. The summed E-state index contributed by atoms with van der Waals surface area (Å²) in [7, 11) is 0. The number of furan rings is 1. The van der Waals surface area contributed by atoms with Gasteiger partial charge >= 0.3 is 5.92 Å².